The van der Waals surface area contributed by atoms with Gasteiger partial charge in [0.2, 0.25) is 0 Å². The highest BCUT2D eigenvalue weighted by atomic mass is 16.6. The van der Waals surface area contributed by atoms with Crippen LogP contribution in [0, 0.1) is 43.9 Å². The van der Waals surface area contributed by atoms with E-state index in [1.165, 1.54) is 11.3 Å². The lowest BCUT2D eigenvalue weighted by atomic mass is 9.81. The fraction of sp³-hybridized carbons (Fsp3) is 0.514. The second kappa shape index (κ2) is 11.8. The molecule has 0 radical (unpaired) electrons. The first kappa shape index (κ1) is 29.7. The standard InChI is InChI=1S/C35H44N4O3/c1-23-7-12-28(32-24(2)38-42-25(32)3)19-31(23)39(30-15-13-29(14-16-30)35(22-36)17-18-35)21-27-10-8-26(9-11-27)20-37-33(40)41-34(4,5)6/h7,12-16,19,26-27H,8-11,17-18,20-21H2,1-6H3,(H,37,40). The van der Waals surface area contributed by atoms with Gasteiger partial charge in [0.25, 0.3) is 0 Å². The summed E-state index contributed by atoms with van der Waals surface area (Å²) in [7, 11) is 0. The number of carbonyl (C=O) groups is 1. The Balaban J connectivity index is 1.35. The van der Waals surface area contributed by atoms with Crippen molar-refractivity contribution in [3.05, 3.63) is 65.0 Å². The number of aryl methyl sites for hydroxylation is 3. The number of nitrogens with zero attached hydrogens (tertiary/aromatic N) is 3. The van der Waals surface area contributed by atoms with Crippen molar-refractivity contribution in [2.24, 2.45) is 11.8 Å². The van der Waals surface area contributed by atoms with Gasteiger partial charge in [0.1, 0.15) is 11.4 Å². The molecule has 1 aromatic heterocycles. The third-order valence-corrected chi connectivity index (χ3v) is 8.86. The number of aromatic nitrogens is 1. The first-order valence-corrected chi connectivity index (χ1v) is 15.3. The van der Waals surface area contributed by atoms with E-state index in [-0.39, 0.29) is 11.5 Å². The predicted molar refractivity (Wildman–Crippen MR) is 166 cm³/mol. The molecule has 3 aromatic rings. The minimum atomic E-state index is -0.488. The Kier molecular flexibility index (Phi) is 8.37. The van der Waals surface area contributed by atoms with Crippen LogP contribution in [0.25, 0.3) is 11.1 Å². The van der Waals surface area contributed by atoms with Crippen molar-refractivity contribution in [2.45, 2.75) is 91.1 Å². The molecule has 42 heavy (non-hydrogen) atoms. The van der Waals surface area contributed by atoms with E-state index in [1.54, 1.807) is 0 Å². The summed E-state index contributed by atoms with van der Waals surface area (Å²) in [6.45, 7) is 13.3. The molecule has 2 aliphatic carbocycles. The van der Waals surface area contributed by atoms with Crippen LogP contribution >= 0.6 is 0 Å². The number of nitrogens with one attached hydrogen (secondary N) is 1. The lowest BCUT2D eigenvalue weighted by Crippen LogP contribution is -2.37. The SMILES string of the molecule is Cc1ccc(-c2c(C)noc2C)cc1N(CC1CCC(CNC(=O)OC(C)(C)C)CC1)c1ccc(C2(C#N)CC2)cc1. The lowest BCUT2D eigenvalue weighted by molar-refractivity contribution is 0.0513. The van der Waals surface area contributed by atoms with E-state index >= 15 is 0 Å². The quantitative estimate of drug-likeness (QED) is 0.294. The molecule has 2 aliphatic rings. The summed E-state index contributed by atoms with van der Waals surface area (Å²) < 4.78 is 10.9. The van der Waals surface area contributed by atoms with Gasteiger partial charge in [-0.2, -0.15) is 5.26 Å². The molecule has 2 saturated carbocycles. The predicted octanol–water partition coefficient (Wildman–Crippen LogP) is 8.29. The van der Waals surface area contributed by atoms with Gasteiger partial charge in [-0.3, -0.25) is 0 Å². The van der Waals surface area contributed by atoms with Crippen LogP contribution in [-0.4, -0.2) is 29.9 Å². The van der Waals surface area contributed by atoms with Crippen LogP contribution in [0.1, 0.15) is 81.9 Å². The van der Waals surface area contributed by atoms with E-state index in [4.69, 9.17) is 9.26 Å². The Morgan fingerprint density at radius 2 is 1.74 bits per heavy atom. The Hall–Kier alpha value is -3.79. The number of anilines is 2. The number of alkyl carbamates (subject to hydrolysis) is 1. The van der Waals surface area contributed by atoms with Crippen LogP contribution in [0.2, 0.25) is 0 Å². The van der Waals surface area contributed by atoms with Crippen LogP contribution in [0.5, 0.6) is 0 Å². The third kappa shape index (κ3) is 6.64. The summed E-state index contributed by atoms with van der Waals surface area (Å²) in [5.74, 6) is 1.81. The molecule has 1 N–H and O–H groups in total. The molecule has 0 bridgehead atoms. The molecule has 1 amide bonds. The molecule has 7 heteroatoms. The Morgan fingerprint density at radius 3 is 2.31 bits per heavy atom. The summed E-state index contributed by atoms with van der Waals surface area (Å²) in [5.41, 5.74) is 6.90. The first-order valence-electron chi connectivity index (χ1n) is 15.3. The lowest BCUT2D eigenvalue weighted by Gasteiger charge is -2.35. The summed E-state index contributed by atoms with van der Waals surface area (Å²) >= 11 is 0. The van der Waals surface area contributed by atoms with E-state index in [2.05, 4.69) is 70.8 Å². The van der Waals surface area contributed by atoms with Crippen molar-refractivity contribution in [1.82, 2.24) is 10.5 Å². The first-order chi connectivity index (χ1) is 20.0. The molecular formula is C35H44N4O3. The molecule has 0 saturated heterocycles. The summed E-state index contributed by atoms with van der Waals surface area (Å²) in [5, 5.41) is 16.9. The number of ether oxygens (including phenoxy) is 1. The fourth-order valence-electron chi connectivity index (χ4n) is 6.26. The van der Waals surface area contributed by atoms with Crippen LogP contribution in [0.3, 0.4) is 0 Å². The number of benzene rings is 2. The average Bonchev–Trinajstić information content (AvgIpc) is 3.69. The number of nitriles is 1. The van der Waals surface area contributed by atoms with Crippen molar-refractivity contribution >= 4 is 17.5 Å². The second-order valence-electron chi connectivity index (χ2n) is 13.3. The number of amides is 1. The monoisotopic (exact) mass is 568 g/mol. The van der Waals surface area contributed by atoms with E-state index in [0.29, 0.717) is 18.4 Å². The van der Waals surface area contributed by atoms with Gasteiger partial charge < -0.3 is 19.5 Å². The molecule has 1 heterocycles. The Labute approximate surface area is 250 Å². The zero-order valence-corrected chi connectivity index (χ0v) is 25.9. The molecule has 222 valence electrons. The maximum Gasteiger partial charge on any atom is 0.407 e. The molecule has 0 aliphatic heterocycles. The maximum atomic E-state index is 12.2. The zero-order valence-electron chi connectivity index (χ0n) is 25.9. The highest BCUT2D eigenvalue weighted by molar-refractivity contribution is 5.76. The van der Waals surface area contributed by atoms with Crippen LogP contribution < -0.4 is 10.2 Å². The fourth-order valence-corrected chi connectivity index (χ4v) is 6.26. The van der Waals surface area contributed by atoms with E-state index in [0.717, 1.165) is 78.9 Å². The number of hydrogen-bond donors (Lipinski definition) is 1. The third-order valence-electron chi connectivity index (χ3n) is 8.86. The van der Waals surface area contributed by atoms with Gasteiger partial charge in [-0.05, 0) is 127 Å². The van der Waals surface area contributed by atoms with Crippen LogP contribution in [-0.2, 0) is 10.2 Å². The molecule has 0 unspecified atom stereocenters. The number of carbonyl (C=O) groups excluding carboxylic acids is 1. The average molecular weight is 569 g/mol. The minimum absolute atomic E-state index is 0.297. The molecule has 0 spiro atoms. The van der Waals surface area contributed by atoms with Crippen molar-refractivity contribution in [3.8, 4) is 17.2 Å². The van der Waals surface area contributed by atoms with Crippen LogP contribution in [0.4, 0.5) is 16.2 Å². The highest BCUT2D eigenvalue weighted by Crippen LogP contribution is 2.48. The number of hydrogen-bond acceptors (Lipinski definition) is 6. The molecule has 5 rings (SSSR count). The summed E-state index contributed by atoms with van der Waals surface area (Å²) in [6, 6.07) is 17.8. The van der Waals surface area contributed by atoms with Gasteiger partial charge in [0, 0.05) is 30.0 Å². The molecule has 7 nitrogen and oxygen atoms in total. The Morgan fingerprint density at radius 1 is 1.07 bits per heavy atom. The smallest absolute Gasteiger partial charge is 0.407 e. The highest BCUT2D eigenvalue weighted by Gasteiger charge is 2.44. The van der Waals surface area contributed by atoms with Crippen LogP contribution in [0.15, 0.2) is 47.0 Å². The largest absolute Gasteiger partial charge is 0.444 e. The van der Waals surface area contributed by atoms with E-state index in [1.807, 2.05) is 34.6 Å². The molecule has 2 fully saturated rings. The maximum absolute atomic E-state index is 12.2. The van der Waals surface area contributed by atoms with E-state index < -0.39 is 5.60 Å². The zero-order chi connectivity index (χ0) is 30.1. The minimum Gasteiger partial charge on any atom is -0.444 e. The van der Waals surface area contributed by atoms with Gasteiger partial charge in [-0.1, -0.05) is 29.4 Å². The van der Waals surface area contributed by atoms with Crippen molar-refractivity contribution in [2.75, 3.05) is 18.0 Å². The molecule has 0 atom stereocenters. The summed E-state index contributed by atoms with van der Waals surface area (Å²) in [6.07, 6.45) is 5.92. The topological polar surface area (TPSA) is 91.4 Å². The summed E-state index contributed by atoms with van der Waals surface area (Å²) in [4.78, 5) is 14.6. The van der Waals surface area contributed by atoms with Crippen molar-refractivity contribution in [3.63, 3.8) is 0 Å². The van der Waals surface area contributed by atoms with E-state index in [9.17, 15) is 10.1 Å². The van der Waals surface area contributed by atoms with Crippen molar-refractivity contribution in [1.29, 1.82) is 5.26 Å². The van der Waals surface area contributed by atoms with Gasteiger partial charge in [-0.25, -0.2) is 4.79 Å². The number of rotatable bonds is 8. The van der Waals surface area contributed by atoms with Crippen molar-refractivity contribution < 1.29 is 14.1 Å². The van der Waals surface area contributed by atoms with Gasteiger partial charge in [0.05, 0.1) is 17.2 Å². The molecule has 2 aromatic carbocycles. The van der Waals surface area contributed by atoms with Gasteiger partial charge >= 0.3 is 6.09 Å². The molecular weight excluding hydrogens is 524 g/mol. The van der Waals surface area contributed by atoms with Gasteiger partial charge in [0.15, 0.2) is 0 Å². The van der Waals surface area contributed by atoms with Gasteiger partial charge in [-0.15, -0.1) is 0 Å². The second-order valence-corrected chi connectivity index (χ2v) is 13.3. The Bertz CT molecular complexity index is 1430. The normalized spacial score (nSPS) is 19.5.